The van der Waals surface area contributed by atoms with Gasteiger partial charge in [0.1, 0.15) is 16.4 Å². The SMILES string of the molecule is CCCCCCOc1ccccc1S(=O)(=O)Nc1ccc(OC)cc1. The zero-order chi connectivity index (χ0) is 18.1. The molecule has 6 heteroatoms. The van der Waals surface area contributed by atoms with E-state index in [4.69, 9.17) is 9.47 Å². The number of methoxy groups -OCH3 is 1. The molecule has 25 heavy (non-hydrogen) atoms. The van der Waals surface area contributed by atoms with Crippen molar-refractivity contribution in [1.82, 2.24) is 0 Å². The maximum absolute atomic E-state index is 12.7. The Balaban J connectivity index is 2.09. The van der Waals surface area contributed by atoms with Crippen molar-refractivity contribution < 1.29 is 17.9 Å². The lowest BCUT2D eigenvalue weighted by molar-refractivity contribution is 0.297. The smallest absolute Gasteiger partial charge is 0.265 e. The van der Waals surface area contributed by atoms with E-state index in [2.05, 4.69) is 11.6 Å². The molecule has 0 fully saturated rings. The normalized spacial score (nSPS) is 11.1. The molecule has 0 radical (unpaired) electrons. The molecule has 2 aromatic carbocycles. The van der Waals surface area contributed by atoms with E-state index in [0.717, 1.165) is 25.7 Å². The van der Waals surface area contributed by atoms with Gasteiger partial charge in [0.25, 0.3) is 10.0 Å². The van der Waals surface area contributed by atoms with Gasteiger partial charge in [-0.2, -0.15) is 0 Å². The van der Waals surface area contributed by atoms with Crippen LogP contribution in [0.2, 0.25) is 0 Å². The van der Waals surface area contributed by atoms with Crippen LogP contribution < -0.4 is 14.2 Å². The zero-order valence-corrected chi connectivity index (χ0v) is 15.5. The van der Waals surface area contributed by atoms with E-state index < -0.39 is 10.0 Å². The second kappa shape index (κ2) is 9.32. The van der Waals surface area contributed by atoms with Crippen LogP contribution in [0.25, 0.3) is 0 Å². The van der Waals surface area contributed by atoms with Gasteiger partial charge in [-0.15, -0.1) is 0 Å². The van der Waals surface area contributed by atoms with Crippen LogP contribution in [0.1, 0.15) is 32.6 Å². The van der Waals surface area contributed by atoms with E-state index in [9.17, 15) is 8.42 Å². The number of para-hydroxylation sites is 1. The molecule has 5 nitrogen and oxygen atoms in total. The lowest BCUT2D eigenvalue weighted by Gasteiger charge is -2.13. The molecule has 136 valence electrons. The average molecular weight is 363 g/mol. The van der Waals surface area contributed by atoms with Gasteiger partial charge in [0.05, 0.1) is 13.7 Å². The van der Waals surface area contributed by atoms with E-state index in [1.165, 1.54) is 0 Å². The molecule has 2 aromatic rings. The number of benzene rings is 2. The second-order valence-electron chi connectivity index (χ2n) is 5.69. The Bertz CT molecular complexity index is 757. The standard InChI is InChI=1S/C19H25NO4S/c1-3-4-5-8-15-24-18-9-6-7-10-19(18)25(21,22)20-16-11-13-17(23-2)14-12-16/h6-7,9-14,20H,3-5,8,15H2,1-2H3. The topological polar surface area (TPSA) is 64.6 Å². The number of ether oxygens (including phenoxy) is 2. The van der Waals surface area contributed by atoms with E-state index in [0.29, 0.717) is 23.8 Å². The molecule has 0 saturated carbocycles. The summed E-state index contributed by atoms with van der Waals surface area (Å²) < 4.78 is 38.7. The number of hydrogen-bond donors (Lipinski definition) is 1. The zero-order valence-electron chi connectivity index (χ0n) is 14.7. The second-order valence-corrected chi connectivity index (χ2v) is 7.34. The van der Waals surface area contributed by atoms with Crippen LogP contribution in [0, 0.1) is 0 Å². The van der Waals surface area contributed by atoms with Crippen molar-refractivity contribution in [1.29, 1.82) is 0 Å². The molecule has 0 aliphatic rings. The molecule has 0 saturated heterocycles. The Morgan fingerprint density at radius 3 is 2.36 bits per heavy atom. The van der Waals surface area contributed by atoms with Crippen LogP contribution >= 0.6 is 0 Å². The van der Waals surface area contributed by atoms with Gasteiger partial charge < -0.3 is 9.47 Å². The van der Waals surface area contributed by atoms with Crippen molar-refractivity contribution in [3.05, 3.63) is 48.5 Å². The predicted molar refractivity (Wildman–Crippen MR) is 99.9 cm³/mol. The van der Waals surface area contributed by atoms with Crippen LogP contribution in [0.4, 0.5) is 5.69 Å². The lowest BCUT2D eigenvalue weighted by Crippen LogP contribution is -2.14. The predicted octanol–water partition coefficient (Wildman–Crippen LogP) is 4.46. The highest BCUT2D eigenvalue weighted by atomic mass is 32.2. The number of sulfonamides is 1. The number of unbranched alkanes of at least 4 members (excludes halogenated alkanes) is 3. The molecule has 0 spiro atoms. The summed E-state index contributed by atoms with van der Waals surface area (Å²) in [6.45, 7) is 2.66. The van der Waals surface area contributed by atoms with Crippen LogP contribution in [0.5, 0.6) is 11.5 Å². The summed E-state index contributed by atoms with van der Waals surface area (Å²) in [6.07, 6.45) is 4.29. The summed E-state index contributed by atoms with van der Waals surface area (Å²) in [6, 6.07) is 13.4. The Kier molecular flexibility index (Phi) is 7.13. The third-order valence-corrected chi connectivity index (χ3v) is 5.16. The molecule has 0 amide bonds. The minimum absolute atomic E-state index is 0.140. The van der Waals surface area contributed by atoms with Crippen LogP contribution in [-0.2, 0) is 10.0 Å². The highest BCUT2D eigenvalue weighted by molar-refractivity contribution is 7.92. The fraction of sp³-hybridized carbons (Fsp3) is 0.368. The monoisotopic (exact) mass is 363 g/mol. The summed E-state index contributed by atoms with van der Waals surface area (Å²) in [5, 5.41) is 0. The first kappa shape index (κ1) is 19.1. The molecular formula is C19H25NO4S. The van der Waals surface area contributed by atoms with Gasteiger partial charge >= 0.3 is 0 Å². The summed E-state index contributed by atoms with van der Waals surface area (Å²) in [5.41, 5.74) is 0.471. The van der Waals surface area contributed by atoms with Gasteiger partial charge in [0.2, 0.25) is 0 Å². The third-order valence-electron chi connectivity index (χ3n) is 3.74. The summed E-state index contributed by atoms with van der Waals surface area (Å²) in [7, 11) is -2.16. The highest BCUT2D eigenvalue weighted by Crippen LogP contribution is 2.26. The molecule has 2 rings (SSSR count). The molecular weight excluding hydrogens is 338 g/mol. The molecule has 1 N–H and O–H groups in total. The first-order valence-electron chi connectivity index (χ1n) is 8.45. The Morgan fingerprint density at radius 2 is 1.68 bits per heavy atom. The Labute approximate surface area is 150 Å². The number of rotatable bonds is 10. The van der Waals surface area contributed by atoms with Gasteiger partial charge in [-0.1, -0.05) is 38.3 Å². The van der Waals surface area contributed by atoms with Gasteiger partial charge in [-0.05, 0) is 42.8 Å². The molecule has 0 heterocycles. The van der Waals surface area contributed by atoms with Gasteiger partial charge in [-0.25, -0.2) is 8.42 Å². The van der Waals surface area contributed by atoms with E-state index >= 15 is 0 Å². The molecule has 0 bridgehead atoms. The van der Waals surface area contributed by atoms with Gasteiger partial charge in [0, 0.05) is 5.69 Å². The van der Waals surface area contributed by atoms with Crippen molar-refractivity contribution >= 4 is 15.7 Å². The molecule has 0 unspecified atom stereocenters. The first-order valence-corrected chi connectivity index (χ1v) is 9.94. The first-order chi connectivity index (χ1) is 12.1. The fourth-order valence-corrected chi connectivity index (χ4v) is 3.58. The van der Waals surface area contributed by atoms with Gasteiger partial charge in [-0.3, -0.25) is 4.72 Å². The minimum atomic E-state index is -3.73. The summed E-state index contributed by atoms with van der Waals surface area (Å²) in [4.78, 5) is 0.140. The van der Waals surface area contributed by atoms with Crippen LogP contribution in [0.15, 0.2) is 53.4 Å². The molecule has 0 aromatic heterocycles. The highest BCUT2D eigenvalue weighted by Gasteiger charge is 2.19. The Morgan fingerprint density at radius 1 is 0.960 bits per heavy atom. The largest absolute Gasteiger partial charge is 0.497 e. The Hall–Kier alpha value is -2.21. The van der Waals surface area contributed by atoms with Crippen LogP contribution in [-0.4, -0.2) is 22.1 Å². The lowest BCUT2D eigenvalue weighted by atomic mass is 10.2. The van der Waals surface area contributed by atoms with Crippen molar-refractivity contribution in [3.63, 3.8) is 0 Å². The maximum atomic E-state index is 12.7. The van der Waals surface area contributed by atoms with Crippen molar-refractivity contribution in [3.8, 4) is 11.5 Å². The molecule has 0 aliphatic heterocycles. The van der Waals surface area contributed by atoms with Crippen LogP contribution in [0.3, 0.4) is 0 Å². The van der Waals surface area contributed by atoms with E-state index in [1.807, 2.05) is 0 Å². The summed E-state index contributed by atoms with van der Waals surface area (Å²) >= 11 is 0. The van der Waals surface area contributed by atoms with E-state index in [-0.39, 0.29) is 4.90 Å². The summed E-state index contributed by atoms with van der Waals surface area (Å²) in [5.74, 6) is 1.04. The minimum Gasteiger partial charge on any atom is -0.497 e. The third kappa shape index (κ3) is 5.67. The van der Waals surface area contributed by atoms with Gasteiger partial charge in [0.15, 0.2) is 0 Å². The molecule has 0 atom stereocenters. The average Bonchev–Trinajstić information content (AvgIpc) is 2.62. The van der Waals surface area contributed by atoms with Crippen molar-refractivity contribution in [2.75, 3.05) is 18.4 Å². The molecule has 0 aliphatic carbocycles. The van der Waals surface area contributed by atoms with Crippen molar-refractivity contribution in [2.45, 2.75) is 37.5 Å². The number of anilines is 1. The number of nitrogens with one attached hydrogen (secondary N) is 1. The quantitative estimate of drug-likeness (QED) is 0.633. The maximum Gasteiger partial charge on any atom is 0.265 e. The number of hydrogen-bond acceptors (Lipinski definition) is 4. The fourth-order valence-electron chi connectivity index (χ4n) is 2.37. The van der Waals surface area contributed by atoms with Crippen molar-refractivity contribution in [2.24, 2.45) is 0 Å². The van der Waals surface area contributed by atoms with E-state index in [1.54, 1.807) is 55.6 Å².